The first kappa shape index (κ1) is 11.6. The summed E-state index contributed by atoms with van der Waals surface area (Å²) in [5.41, 5.74) is 2.17. The Hall–Kier alpha value is -1.51. The minimum absolute atomic E-state index is 0.502. The second-order valence-electron chi connectivity index (χ2n) is 3.61. The van der Waals surface area contributed by atoms with Gasteiger partial charge in [-0.25, -0.2) is 4.79 Å². The molecule has 1 unspecified atom stereocenters. The van der Waals surface area contributed by atoms with Gasteiger partial charge >= 0.3 is 5.97 Å². The van der Waals surface area contributed by atoms with Crippen LogP contribution in [0.2, 0.25) is 0 Å². The molecule has 0 aliphatic carbocycles. The van der Waals surface area contributed by atoms with Gasteiger partial charge in [0.25, 0.3) is 0 Å². The van der Waals surface area contributed by atoms with Crippen LogP contribution in [0.25, 0.3) is 0 Å². The average molecular weight is 207 g/mol. The van der Waals surface area contributed by atoms with E-state index in [0.29, 0.717) is 0 Å². The molecule has 1 aromatic rings. The van der Waals surface area contributed by atoms with Crippen molar-refractivity contribution in [1.82, 2.24) is 0 Å². The fourth-order valence-electron chi connectivity index (χ4n) is 1.53. The summed E-state index contributed by atoms with van der Waals surface area (Å²) in [6, 6.07) is 7.39. The normalized spacial score (nSPS) is 12.2. The number of anilines is 1. The Morgan fingerprint density at radius 3 is 2.60 bits per heavy atom. The Morgan fingerprint density at radius 2 is 2.07 bits per heavy atom. The molecule has 0 aromatic heterocycles. The van der Waals surface area contributed by atoms with Crippen LogP contribution in [0.4, 0.5) is 5.69 Å². The van der Waals surface area contributed by atoms with Crippen LogP contribution in [0.1, 0.15) is 19.4 Å². The lowest BCUT2D eigenvalue weighted by Crippen LogP contribution is -2.36. The predicted octanol–water partition coefficient (Wildman–Crippen LogP) is 2.16. The van der Waals surface area contributed by atoms with Crippen molar-refractivity contribution in [1.29, 1.82) is 0 Å². The molecule has 0 saturated carbocycles. The summed E-state index contributed by atoms with van der Waals surface area (Å²) in [6.45, 7) is 3.76. The maximum Gasteiger partial charge on any atom is 0.326 e. The highest BCUT2D eigenvalue weighted by atomic mass is 16.4. The molecular weight excluding hydrogens is 190 g/mol. The average Bonchev–Trinajstić information content (AvgIpc) is 2.26. The number of carboxylic acids is 1. The van der Waals surface area contributed by atoms with E-state index in [0.717, 1.165) is 12.1 Å². The Balaban J connectivity index is 2.99. The molecule has 0 spiro atoms. The molecular formula is C12H17NO2. The van der Waals surface area contributed by atoms with Gasteiger partial charge in [-0.1, -0.05) is 25.1 Å². The number of aryl methyl sites for hydroxylation is 1. The number of likely N-dealkylation sites (N-methyl/N-ethyl adjacent to an activating group) is 1. The third-order valence-corrected chi connectivity index (χ3v) is 2.69. The van der Waals surface area contributed by atoms with E-state index in [-0.39, 0.29) is 0 Å². The highest BCUT2D eigenvalue weighted by Crippen LogP contribution is 2.21. The summed E-state index contributed by atoms with van der Waals surface area (Å²) in [6.07, 6.45) is 0.910. The molecule has 0 fully saturated rings. The zero-order valence-corrected chi connectivity index (χ0v) is 9.40. The number of benzene rings is 1. The van der Waals surface area contributed by atoms with E-state index in [1.165, 1.54) is 5.56 Å². The number of hydrogen-bond donors (Lipinski definition) is 1. The van der Waals surface area contributed by atoms with Gasteiger partial charge in [-0.15, -0.1) is 0 Å². The molecule has 1 atom stereocenters. The molecule has 1 rings (SSSR count). The molecule has 0 radical (unpaired) electrons. The smallest absolute Gasteiger partial charge is 0.326 e. The van der Waals surface area contributed by atoms with Gasteiger partial charge in [-0.2, -0.15) is 0 Å². The van der Waals surface area contributed by atoms with Crippen molar-refractivity contribution in [3.05, 3.63) is 29.8 Å². The number of carboxylic acid groups (broad SMARTS) is 1. The van der Waals surface area contributed by atoms with E-state index in [9.17, 15) is 4.79 Å². The molecule has 0 amide bonds. The van der Waals surface area contributed by atoms with Crippen LogP contribution >= 0.6 is 0 Å². The topological polar surface area (TPSA) is 40.5 Å². The molecule has 3 heteroatoms. The molecule has 0 aliphatic heterocycles. The van der Waals surface area contributed by atoms with Crippen molar-refractivity contribution in [2.45, 2.75) is 26.3 Å². The maximum absolute atomic E-state index is 10.9. The van der Waals surface area contributed by atoms with Crippen LogP contribution in [-0.4, -0.2) is 24.2 Å². The van der Waals surface area contributed by atoms with Gasteiger partial charge in [0.15, 0.2) is 0 Å². The lowest BCUT2D eigenvalue weighted by atomic mass is 10.1. The minimum atomic E-state index is -0.802. The van der Waals surface area contributed by atoms with E-state index < -0.39 is 12.0 Å². The van der Waals surface area contributed by atoms with Crippen LogP contribution in [0.5, 0.6) is 0 Å². The van der Waals surface area contributed by atoms with Gasteiger partial charge in [-0.3, -0.25) is 0 Å². The fourth-order valence-corrected chi connectivity index (χ4v) is 1.53. The summed E-state index contributed by atoms with van der Waals surface area (Å²) >= 11 is 0. The molecule has 3 nitrogen and oxygen atoms in total. The number of carbonyl (C=O) groups is 1. The first-order chi connectivity index (χ1) is 7.07. The van der Waals surface area contributed by atoms with Gasteiger partial charge in [-0.05, 0) is 25.0 Å². The first-order valence-electron chi connectivity index (χ1n) is 5.11. The molecule has 1 aromatic carbocycles. The van der Waals surface area contributed by atoms with Crippen molar-refractivity contribution < 1.29 is 9.90 Å². The molecule has 0 heterocycles. The van der Waals surface area contributed by atoms with Crippen molar-refractivity contribution in [3.63, 3.8) is 0 Å². The van der Waals surface area contributed by atoms with Crippen LogP contribution in [-0.2, 0) is 11.2 Å². The predicted molar refractivity (Wildman–Crippen MR) is 61.3 cm³/mol. The number of para-hydroxylation sites is 1. The van der Waals surface area contributed by atoms with Crippen LogP contribution < -0.4 is 4.90 Å². The molecule has 82 valence electrons. The van der Waals surface area contributed by atoms with E-state index in [2.05, 4.69) is 6.92 Å². The Morgan fingerprint density at radius 1 is 1.47 bits per heavy atom. The third kappa shape index (κ3) is 2.49. The Bertz CT molecular complexity index is 349. The zero-order valence-electron chi connectivity index (χ0n) is 9.40. The van der Waals surface area contributed by atoms with Gasteiger partial charge in [0.05, 0.1) is 0 Å². The molecule has 0 aliphatic rings. The summed E-state index contributed by atoms with van der Waals surface area (Å²) in [5, 5.41) is 8.94. The van der Waals surface area contributed by atoms with Crippen LogP contribution in [0.3, 0.4) is 0 Å². The highest BCUT2D eigenvalue weighted by Gasteiger charge is 2.18. The number of aliphatic carboxylic acids is 1. The Kier molecular flexibility index (Phi) is 3.72. The van der Waals surface area contributed by atoms with E-state index in [1.807, 2.05) is 31.3 Å². The maximum atomic E-state index is 10.9. The largest absolute Gasteiger partial charge is 0.480 e. The van der Waals surface area contributed by atoms with Crippen molar-refractivity contribution >= 4 is 11.7 Å². The molecule has 0 bridgehead atoms. The van der Waals surface area contributed by atoms with Gasteiger partial charge in [0.2, 0.25) is 0 Å². The number of nitrogens with zero attached hydrogens (tertiary/aromatic N) is 1. The molecule has 0 saturated heterocycles. The van der Waals surface area contributed by atoms with Gasteiger partial charge in [0.1, 0.15) is 6.04 Å². The second kappa shape index (κ2) is 4.82. The summed E-state index contributed by atoms with van der Waals surface area (Å²) in [4.78, 5) is 12.7. The van der Waals surface area contributed by atoms with Crippen molar-refractivity contribution in [2.24, 2.45) is 0 Å². The lowest BCUT2D eigenvalue weighted by molar-refractivity contribution is -0.138. The van der Waals surface area contributed by atoms with E-state index >= 15 is 0 Å². The van der Waals surface area contributed by atoms with Crippen molar-refractivity contribution in [3.8, 4) is 0 Å². The summed E-state index contributed by atoms with van der Waals surface area (Å²) in [5.74, 6) is -0.802. The highest BCUT2D eigenvalue weighted by molar-refractivity contribution is 5.78. The number of rotatable bonds is 4. The Labute approximate surface area is 90.3 Å². The quantitative estimate of drug-likeness (QED) is 0.822. The van der Waals surface area contributed by atoms with E-state index in [4.69, 9.17) is 5.11 Å². The van der Waals surface area contributed by atoms with Gasteiger partial charge in [0, 0.05) is 12.7 Å². The second-order valence-corrected chi connectivity index (χ2v) is 3.61. The van der Waals surface area contributed by atoms with Crippen molar-refractivity contribution in [2.75, 3.05) is 11.9 Å². The monoisotopic (exact) mass is 207 g/mol. The first-order valence-corrected chi connectivity index (χ1v) is 5.11. The lowest BCUT2D eigenvalue weighted by Gasteiger charge is -2.25. The zero-order chi connectivity index (χ0) is 11.4. The summed E-state index contributed by atoms with van der Waals surface area (Å²) in [7, 11) is 1.81. The number of hydrogen-bond acceptors (Lipinski definition) is 2. The minimum Gasteiger partial charge on any atom is -0.480 e. The summed E-state index contributed by atoms with van der Waals surface area (Å²) < 4.78 is 0. The molecule has 15 heavy (non-hydrogen) atoms. The SMILES string of the molecule is CCc1ccccc1N(C)C(C)C(=O)O. The molecule has 1 N–H and O–H groups in total. The van der Waals surface area contributed by atoms with E-state index in [1.54, 1.807) is 11.8 Å². The van der Waals surface area contributed by atoms with Crippen LogP contribution in [0, 0.1) is 0 Å². The third-order valence-electron chi connectivity index (χ3n) is 2.69. The fraction of sp³-hybridized carbons (Fsp3) is 0.417. The van der Waals surface area contributed by atoms with Crippen LogP contribution in [0.15, 0.2) is 24.3 Å². The van der Waals surface area contributed by atoms with Gasteiger partial charge < -0.3 is 10.0 Å². The standard InChI is InChI=1S/C12H17NO2/c1-4-10-7-5-6-8-11(10)13(3)9(2)12(14)15/h5-9H,4H2,1-3H3,(H,14,15).